The number of nitrogens with one attached hydrogen (secondary N) is 1. The molecule has 8 heteroatoms. The monoisotopic (exact) mass is 306 g/mol. The van der Waals surface area contributed by atoms with Crippen LogP contribution in [0.1, 0.15) is 20.2 Å². The zero-order valence-electron chi connectivity index (χ0n) is 10.7. The van der Waals surface area contributed by atoms with E-state index in [1.165, 1.54) is 11.3 Å². The lowest BCUT2D eigenvalue weighted by atomic mass is 10.3. The first kappa shape index (κ1) is 12.9. The molecule has 0 aliphatic heterocycles. The van der Waals surface area contributed by atoms with Crippen LogP contribution in [0.4, 0.5) is 6.01 Å². The molecule has 102 valence electrons. The molecule has 1 N–H and O–H groups in total. The van der Waals surface area contributed by atoms with Crippen LogP contribution in [-0.2, 0) is 0 Å². The second-order valence-corrected chi connectivity index (χ2v) is 6.05. The summed E-state index contributed by atoms with van der Waals surface area (Å²) >= 11 is 2.87. The minimum absolute atomic E-state index is 0.0849. The molecule has 0 bridgehead atoms. The number of aromatic nitrogens is 3. The number of aryl methyl sites for hydroxylation is 2. The van der Waals surface area contributed by atoms with Crippen molar-refractivity contribution in [2.45, 2.75) is 13.8 Å². The first-order chi connectivity index (χ1) is 9.63. The summed E-state index contributed by atoms with van der Waals surface area (Å²) in [7, 11) is 0. The quantitative estimate of drug-likeness (QED) is 0.804. The van der Waals surface area contributed by atoms with E-state index in [-0.39, 0.29) is 11.9 Å². The molecule has 3 rings (SSSR count). The van der Waals surface area contributed by atoms with E-state index in [9.17, 15) is 4.79 Å². The number of carbonyl (C=O) groups is 1. The van der Waals surface area contributed by atoms with Gasteiger partial charge in [0, 0.05) is 15.8 Å². The molecule has 0 fully saturated rings. The van der Waals surface area contributed by atoms with Gasteiger partial charge in [-0.3, -0.25) is 10.1 Å². The second-order valence-electron chi connectivity index (χ2n) is 4.08. The highest BCUT2D eigenvalue weighted by atomic mass is 32.1. The van der Waals surface area contributed by atoms with Crippen LogP contribution in [0.5, 0.6) is 0 Å². The third kappa shape index (κ3) is 2.47. The maximum atomic E-state index is 12.0. The minimum atomic E-state index is -0.290. The number of rotatable bonds is 3. The predicted octanol–water partition coefficient (Wildman–Crippen LogP) is 3.12. The number of thiazole rings is 1. The van der Waals surface area contributed by atoms with Crippen LogP contribution in [-0.4, -0.2) is 21.1 Å². The van der Waals surface area contributed by atoms with E-state index in [2.05, 4.69) is 20.5 Å². The second kappa shape index (κ2) is 5.14. The number of carbonyl (C=O) groups excluding carboxylic acids is 1. The zero-order valence-corrected chi connectivity index (χ0v) is 12.3. The number of thiophene rings is 1. The van der Waals surface area contributed by atoms with Crippen LogP contribution in [0.3, 0.4) is 0 Å². The van der Waals surface area contributed by atoms with Gasteiger partial charge < -0.3 is 4.42 Å². The van der Waals surface area contributed by atoms with E-state index in [0.29, 0.717) is 16.5 Å². The molecule has 0 saturated heterocycles. The van der Waals surface area contributed by atoms with E-state index >= 15 is 0 Å². The highest BCUT2D eigenvalue weighted by Crippen LogP contribution is 2.25. The molecule has 3 aromatic heterocycles. The van der Waals surface area contributed by atoms with Crippen molar-refractivity contribution in [1.82, 2.24) is 15.2 Å². The van der Waals surface area contributed by atoms with Crippen molar-refractivity contribution < 1.29 is 9.21 Å². The summed E-state index contributed by atoms with van der Waals surface area (Å²) in [6.07, 6.45) is 0. The Morgan fingerprint density at radius 2 is 2.15 bits per heavy atom. The average molecular weight is 306 g/mol. The van der Waals surface area contributed by atoms with Crippen LogP contribution in [0.2, 0.25) is 0 Å². The number of hydrogen-bond acceptors (Lipinski definition) is 7. The lowest BCUT2D eigenvalue weighted by Crippen LogP contribution is -2.11. The van der Waals surface area contributed by atoms with Crippen LogP contribution < -0.4 is 5.32 Å². The molecule has 0 radical (unpaired) electrons. The van der Waals surface area contributed by atoms with Gasteiger partial charge >= 0.3 is 6.01 Å². The highest BCUT2D eigenvalue weighted by Gasteiger charge is 2.16. The molecule has 0 unspecified atom stereocenters. The first-order valence-corrected chi connectivity index (χ1v) is 7.50. The fraction of sp³-hybridized carbons (Fsp3) is 0.167. The Hall–Kier alpha value is -2.06. The molecule has 0 saturated carbocycles. The van der Waals surface area contributed by atoms with Crippen molar-refractivity contribution >= 4 is 34.6 Å². The Labute approximate surface area is 122 Å². The molecule has 3 aromatic rings. The fourth-order valence-corrected chi connectivity index (χ4v) is 2.99. The number of nitrogens with zero attached hydrogens (tertiary/aromatic N) is 3. The summed E-state index contributed by atoms with van der Waals surface area (Å²) in [5, 5.41) is 12.3. The smallest absolute Gasteiger partial charge is 0.322 e. The van der Waals surface area contributed by atoms with Crippen LogP contribution in [0.15, 0.2) is 21.4 Å². The van der Waals surface area contributed by atoms with Crippen LogP contribution >= 0.6 is 22.7 Å². The molecule has 6 nitrogen and oxygen atoms in total. The highest BCUT2D eigenvalue weighted by molar-refractivity contribution is 7.12. The van der Waals surface area contributed by atoms with Crippen LogP contribution in [0.25, 0.3) is 11.5 Å². The van der Waals surface area contributed by atoms with Gasteiger partial charge in [0.15, 0.2) is 0 Å². The van der Waals surface area contributed by atoms with E-state index < -0.39 is 0 Å². The molecule has 0 aliphatic rings. The topological polar surface area (TPSA) is 80.9 Å². The molecule has 0 spiro atoms. The molecular weight excluding hydrogens is 296 g/mol. The Morgan fingerprint density at radius 1 is 1.30 bits per heavy atom. The van der Waals surface area contributed by atoms with Gasteiger partial charge in [-0.25, -0.2) is 4.98 Å². The Morgan fingerprint density at radius 3 is 2.80 bits per heavy atom. The fourth-order valence-electron chi connectivity index (χ4n) is 1.62. The number of amides is 1. The zero-order chi connectivity index (χ0) is 14.1. The summed E-state index contributed by atoms with van der Waals surface area (Å²) in [6.45, 7) is 3.78. The van der Waals surface area contributed by atoms with Crippen molar-refractivity contribution in [3.63, 3.8) is 0 Å². The molecule has 0 aliphatic carbocycles. The van der Waals surface area contributed by atoms with E-state index in [4.69, 9.17) is 4.42 Å². The number of anilines is 1. The standard InChI is InChI=1S/C12H10N4O2S2/c1-6-3-8(4-19-6)11-15-16-12(18-11)14-10(17)9-7(2)13-5-20-9/h3-5H,1-2H3,(H,14,16,17). The van der Waals surface area contributed by atoms with E-state index in [1.54, 1.807) is 23.8 Å². The largest absolute Gasteiger partial charge is 0.403 e. The summed E-state index contributed by atoms with van der Waals surface area (Å²) in [5.41, 5.74) is 3.16. The van der Waals surface area contributed by atoms with Gasteiger partial charge in [0.1, 0.15) is 4.88 Å². The number of hydrogen-bond donors (Lipinski definition) is 1. The van der Waals surface area contributed by atoms with Gasteiger partial charge in [0.2, 0.25) is 0 Å². The molecule has 3 heterocycles. The average Bonchev–Trinajstić information content (AvgIpc) is 3.10. The van der Waals surface area contributed by atoms with Gasteiger partial charge in [0.05, 0.1) is 11.2 Å². The Kier molecular flexibility index (Phi) is 3.33. The third-order valence-electron chi connectivity index (χ3n) is 2.57. The van der Waals surface area contributed by atoms with Gasteiger partial charge in [-0.1, -0.05) is 5.10 Å². The Balaban J connectivity index is 1.78. The summed E-state index contributed by atoms with van der Waals surface area (Å²) in [6, 6.07) is 2.04. The van der Waals surface area contributed by atoms with Crippen molar-refractivity contribution in [2.75, 3.05) is 5.32 Å². The van der Waals surface area contributed by atoms with E-state index in [1.807, 2.05) is 18.4 Å². The Bertz CT molecular complexity index is 759. The van der Waals surface area contributed by atoms with E-state index in [0.717, 1.165) is 10.4 Å². The van der Waals surface area contributed by atoms with Crippen molar-refractivity contribution in [3.05, 3.63) is 32.4 Å². The lowest BCUT2D eigenvalue weighted by molar-refractivity contribution is 0.102. The van der Waals surface area contributed by atoms with Gasteiger partial charge in [-0.2, -0.15) is 0 Å². The minimum Gasteiger partial charge on any atom is -0.403 e. The molecule has 0 aromatic carbocycles. The summed E-state index contributed by atoms with van der Waals surface area (Å²) < 4.78 is 5.43. The van der Waals surface area contributed by atoms with Gasteiger partial charge in [0.25, 0.3) is 11.8 Å². The lowest BCUT2D eigenvalue weighted by Gasteiger charge is -1.97. The SMILES string of the molecule is Cc1cc(-c2nnc(NC(=O)c3scnc3C)o2)cs1. The van der Waals surface area contributed by atoms with Gasteiger partial charge in [-0.05, 0) is 19.9 Å². The maximum Gasteiger partial charge on any atom is 0.322 e. The maximum absolute atomic E-state index is 12.0. The van der Waals surface area contributed by atoms with Crippen molar-refractivity contribution in [3.8, 4) is 11.5 Å². The molecule has 1 amide bonds. The predicted molar refractivity (Wildman–Crippen MR) is 77.2 cm³/mol. The van der Waals surface area contributed by atoms with Crippen molar-refractivity contribution in [1.29, 1.82) is 0 Å². The first-order valence-electron chi connectivity index (χ1n) is 5.74. The summed E-state index contributed by atoms with van der Waals surface area (Å²) in [5.74, 6) is 0.104. The van der Waals surface area contributed by atoms with Gasteiger partial charge in [-0.15, -0.1) is 27.8 Å². The summed E-state index contributed by atoms with van der Waals surface area (Å²) in [4.78, 5) is 17.7. The molecule has 0 atom stereocenters. The molecule has 20 heavy (non-hydrogen) atoms. The normalized spacial score (nSPS) is 10.7. The van der Waals surface area contributed by atoms with Crippen molar-refractivity contribution in [2.24, 2.45) is 0 Å². The third-order valence-corrected chi connectivity index (χ3v) is 4.36. The van der Waals surface area contributed by atoms with Crippen LogP contribution in [0, 0.1) is 13.8 Å². The molecular formula is C12H10N4O2S2.